The van der Waals surface area contributed by atoms with Crippen LogP contribution in [0.5, 0.6) is 5.75 Å². The van der Waals surface area contributed by atoms with Gasteiger partial charge in [0, 0.05) is 0 Å². The number of hydrogen-bond acceptors (Lipinski definition) is 3. The molecule has 5 heteroatoms. The molecular weight excluding hydrogens is 182 g/mol. The van der Waals surface area contributed by atoms with Crippen LogP contribution >= 0.6 is 11.6 Å². The smallest absolute Gasteiger partial charge is 0.337 e. The topological polar surface area (TPSA) is 83.6 Å². The maximum atomic E-state index is 10.5. The van der Waals surface area contributed by atoms with Crippen molar-refractivity contribution >= 4 is 23.3 Å². The van der Waals surface area contributed by atoms with E-state index in [-0.39, 0.29) is 16.3 Å². The van der Waals surface area contributed by atoms with Crippen LogP contribution in [0.15, 0.2) is 12.1 Å². The number of carboxylic acid groups (broad SMARTS) is 1. The van der Waals surface area contributed by atoms with Crippen LogP contribution in [-0.2, 0) is 0 Å². The number of halogens is 1. The van der Waals surface area contributed by atoms with E-state index in [0.29, 0.717) is 0 Å². The third-order valence-electron chi connectivity index (χ3n) is 1.40. The average Bonchev–Trinajstić information content (AvgIpc) is 2.00. The standard InChI is InChI=1S/C7H6ClNO3/c8-4-2-1-3(7(11)12)5(9)6(4)10/h1-2,10H,9H2,(H,11,12). The molecule has 0 amide bonds. The van der Waals surface area contributed by atoms with Gasteiger partial charge >= 0.3 is 5.97 Å². The Labute approximate surface area is 73.2 Å². The summed E-state index contributed by atoms with van der Waals surface area (Å²) in [6, 6.07) is 2.51. The minimum Gasteiger partial charge on any atom is -0.504 e. The summed E-state index contributed by atoms with van der Waals surface area (Å²) in [7, 11) is 0. The number of nitrogens with two attached hydrogens (primary N) is 1. The first-order valence-electron chi connectivity index (χ1n) is 3.04. The number of anilines is 1. The van der Waals surface area contributed by atoms with Crippen molar-refractivity contribution in [3.05, 3.63) is 22.7 Å². The average molecular weight is 188 g/mol. The van der Waals surface area contributed by atoms with Crippen LogP contribution in [0.4, 0.5) is 5.69 Å². The fourth-order valence-corrected chi connectivity index (χ4v) is 0.933. The van der Waals surface area contributed by atoms with E-state index in [4.69, 9.17) is 27.5 Å². The molecule has 1 aromatic carbocycles. The summed E-state index contributed by atoms with van der Waals surface area (Å²) in [6.45, 7) is 0. The molecule has 0 fully saturated rings. The van der Waals surface area contributed by atoms with Gasteiger partial charge in [-0.15, -0.1) is 0 Å². The number of aromatic hydroxyl groups is 1. The zero-order valence-electron chi connectivity index (χ0n) is 5.91. The Balaban J connectivity index is 3.36. The van der Waals surface area contributed by atoms with E-state index in [0.717, 1.165) is 0 Å². The highest BCUT2D eigenvalue weighted by molar-refractivity contribution is 6.32. The van der Waals surface area contributed by atoms with Gasteiger partial charge in [-0.2, -0.15) is 0 Å². The molecule has 0 aliphatic heterocycles. The molecule has 64 valence electrons. The molecule has 4 nitrogen and oxygen atoms in total. The minimum absolute atomic E-state index is 0.0394. The molecule has 0 radical (unpaired) electrons. The number of nitrogen functional groups attached to an aromatic ring is 1. The second-order valence-corrected chi connectivity index (χ2v) is 2.57. The molecule has 0 spiro atoms. The molecule has 0 aliphatic carbocycles. The highest BCUT2D eigenvalue weighted by atomic mass is 35.5. The lowest BCUT2D eigenvalue weighted by Gasteiger charge is -2.03. The van der Waals surface area contributed by atoms with E-state index >= 15 is 0 Å². The van der Waals surface area contributed by atoms with Crippen LogP contribution in [-0.4, -0.2) is 16.2 Å². The fraction of sp³-hybridized carbons (Fsp3) is 0. The molecule has 0 heterocycles. The summed E-state index contributed by atoms with van der Waals surface area (Å²) >= 11 is 5.47. The van der Waals surface area contributed by atoms with Crippen molar-refractivity contribution in [2.45, 2.75) is 0 Å². The number of rotatable bonds is 1. The maximum Gasteiger partial charge on any atom is 0.337 e. The van der Waals surface area contributed by atoms with E-state index in [1.54, 1.807) is 0 Å². The minimum atomic E-state index is -1.19. The van der Waals surface area contributed by atoms with Gasteiger partial charge < -0.3 is 15.9 Å². The second-order valence-electron chi connectivity index (χ2n) is 2.16. The molecular formula is C7H6ClNO3. The molecule has 0 saturated carbocycles. The predicted molar refractivity (Wildman–Crippen MR) is 44.5 cm³/mol. The number of carbonyl (C=O) groups is 1. The summed E-state index contributed by atoms with van der Waals surface area (Å²) in [5.74, 6) is -1.59. The van der Waals surface area contributed by atoms with Crippen LogP contribution in [0.2, 0.25) is 5.02 Å². The first-order chi connectivity index (χ1) is 5.54. The zero-order chi connectivity index (χ0) is 9.30. The molecule has 12 heavy (non-hydrogen) atoms. The molecule has 4 N–H and O–H groups in total. The van der Waals surface area contributed by atoms with Gasteiger partial charge in [-0.25, -0.2) is 4.79 Å². The number of carboxylic acids is 1. The second kappa shape index (κ2) is 2.91. The van der Waals surface area contributed by atoms with Gasteiger partial charge in [0.2, 0.25) is 0 Å². The van der Waals surface area contributed by atoms with Crippen molar-refractivity contribution in [3.63, 3.8) is 0 Å². The van der Waals surface area contributed by atoms with Gasteiger partial charge in [0.05, 0.1) is 16.3 Å². The van der Waals surface area contributed by atoms with Crippen molar-refractivity contribution in [3.8, 4) is 5.75 Å². The first-order valence-corrected chi connectivity index (χ1v) is 3.42. The van der Waals surface area contributed by atoms with Crippen molar-refractivity contribution in [1.82, 2.24) is 0 Å². The summed E-state index contributed by atoms with van der Waals surface area (Å²) < 4.78 is 0. The van der Waals surface area contributed by atoms with Gasteiger partial charge in [-0.3, -0.25) is 0 Å². The fourth-order valence-electron chi connectivity index (χ4n) is 0.768. The molecule has 0 aliphatic rings. The summed E-state index contributed by atoms with van der Waals surface area (Å²) in [5.41, 5.74) is 4.90. The molecule has 0 unspecified atom stereocenters. The highest BCUT2D eigenvalue weighted by Crippen LogP contribution is 2.31. The van der Waals surface area contributed by atoms with Crippen LogP contribution in [0.1, 0.15) is 10.4 Å². The maximum absolute atomic E-state index is 10.5. The Morgan fingerprint density at radius 2 is 2.08 bits per heavy atom. The molecule has 1 aromatic rings. The largest absolute Gasteiger partial charge is 0.504 e. The molecule has 1 rings (SSSR count). The quantitative estimate of drug-likeness (QED) is 0.458. The number of hydrogen-bond donors (Lipinski definition) is 3. The van der Waals surface area contributed by atoms with Gasteiger partial charge in [0.15, 0.2) is 5.75 Å². The summed E-state index contributed by atoms with van der Waals surface area (Å²) in [6.07, 6.45) is 0. The van der Waals surface area contributed by atoms with Gasteiger partial charge in [-0.1, -0.05) is 11.6 Å². The Kier molecular flexibility index (Phi) is 2.10. The lowest BCUT2D eigenvalue weighted by atomic mass is 10.1. The lowest BCUT2D eigenvalue weighted by molar-refractivity contribution is 0.0697. The molecule has 0 saturated heterocycles. The third-order valence-corrected chi connectivity index (χ3v) is 1.70. The van der Waals surface area contributed by atoms with E-state index in [1.807, 2.05) is 0 Å². The summed E-state index contributed by atoms with van der Waals surface area (Å²) in [5, 5.41) is 17.7. The number of phenolic OH excluding ortho intramolecular Hbond substituents is 1. The van der Waals surface area contributed by atoms with E-state index in [2.05, 4.69) is 0 Å². The highest BCUT2D eigenvalue weighted by Gasteiger charge is 2.12. The van der Waals surface area contributed by atoms with Crippen LogP contribution < -0.4 is 5.73 Å². The SMILES string of the molecule is Nc1c(C(=O)O)ccc(Cl)c1O. The van der Waals surface area contributed by atoms with Gasteiger partial charge in [0.25, 0.3) is 0 Å². The monoisotopic (exact) mass is 187 g/mol. The number of benzene rings is 1. The summed E-state index contributed by atoms with van der Waals surface area (Å²) in [4.78, 5) is 10.5. The Bertz CT molecular complexity index is 338. The van der Waals surface area contributed by atoms with Crippen molar-refractivity contribution in [2.75, 3.05) is 5.73 Å². The van der Waals surface area contributed by atoms with Crippen molar-refractivity contribution < 1.29 is 15.0 Å². The van der Waals surface area contributed by atoms with Crippen molar-refractivity contribution in [1.29, 1.82) is 0 Å². The Morgan fingerprint density at radius 3 is 2.58 bits per heavy atom. The van der Waals surface area contributed by atoms with Crippen LogP contribution in [0.3, 0.4) is 0 Å². The number of aromatic carboxylic acids is 1. The Hall–Kier alpha value is -1.42. The molecule has 0 bridgehead atoms. The lowest BCUT2D eigenvalue weighted by Crippen LogP contribution is -2.02. The van der Waals surface area contributed by atoms with Crippen LogP contribution in [0.25, 0.3) is 0 Å². The van der Waals surface area contributed by atoms with E-state index < -0.39 is 11.7 Å². The van der Waals surface area contributed by atoms with Gasteiger partial charge in [-0.05, 0) is 12.1 Å². The van der Waals surface area contributed by atoms with Gasteiger partial charge in [0.1, 0.15) is 0 Å². The normalized spacial score (nSPS) is 9.75. The van der Waals surface area contributed by atoms with E-state index in [1.165, 1.54) is 12.1 Å². The zero-order valence-corrected chi connectivity index (χ0v) is 6.67. The van der Waals surface area contributed by atoms with E-state index in [9.17, 15) is 4.79 Å². The molecule has 0 atom stereocenters. The van der Waals surface area contributed by atoms with Crippen molar-refractivity contribution in [2.24, 2.45) is 0 Å². The first kappa shape index (κ1) is 8.67. The third kappa shape index (κ3) is 1.29. The molecule has 0 aromatic heterocycles. The Morgan fingerprint density at radius 1 is 1.50 bits per heavy atom. The predicted octanol–water partition coefficient (Wildman–Crippen LogP) is 1.33. The van der Waals surface area contributed by atoms with Crippen LogP contribution in [0, 0.1) is 0 Å². The number of phenols is 1.